The van der Waals surface area contributed by atoms with E-state index in [9.17, 15) is 8.78 Å². The Labute approximate surface area is 146 Å². The van der Waals surface area contributed by atoms with Crippen LogP contribution in [0, 0.1) is 5.92 Å². The molecule has 1 aliphatic carbocycles. The number of nitrogens with zero attached hydrogens (tertiary/aromatic N) is 2. The molecular formula is C19H25F2N2O2+. The molecule has 0 atom stereocenters. The highest BCUT2D eigenvalue weighted by Crippen LogP contribution is 2.38. The van der Waals surface area contributed by atoms with Crippen LogP contribution in [0.3, 0.4) is 0 Å². The molecule has 1 aromatic heterocycles. The van der Waals surface area contributed by atoms with Gasteiger partial charge < -0.3 is 9.84 Å². The van der Waals surface area contributed by atoms with Crippen molar-refractivity contribution in [3.8, 4) is 11.6 Å². The van der Waals surface area contributed by atoms with Crippen LogP contribution in [0.2, 0.25) is 0 Å². The van der Waals surface area contributed by atoms with E-state index < -0.39 is 17.5 Å². The minimum Gasteiger partial charge on any atom is -0.577 e. The van der Waals surface area contributed by atoms with Crippen molar-refractivity contribution in [3.63, 3.8) is 0 Å². The number of ether oxygens (including phenoxy) is 1. The summed E-state index contributed by atoms with van der Waals surface area (Å²) in [5.74, 6) is -2.29. The second-order valence-electron chi connectivity index (χ2n) is 6.88. The lowest BCUT2D eigenvalue weighted by molar-refractivity contribution is -0.0227. The molecule has 1 saturated carbocycles. The van der Waals surface area contributed by atoms with Crippen molar-refractivity contribution < 1.29 is 18.6 Å². The van der Waals surface area contributed by atoms with Crippen molar-refractivity contribution in [2.45, 2.75) is 57.3 Å². The van der Waals surface area contributed by atoms with Gasteiger partial charge in [-0.05, 0) is 24.5 Å². The quantitative estimate of drug-likeness (QED) is 0.525. The third kappa shape index (κ3) is 4.17. The molecule has 0 saturated heterocycles. The molecule has 25 heavy (non-hydrogen) atoms. The Morgan fingerprint density at radius 3 is 2.64 bits per heavy atom. The molecule has 3 rings (SSSR count). The SMILES string of the molecule is COc1ccc2nc(C(F)(F)CCCCC3CCCC3)c([OH2+])nc2c1. The highest BCUT2D eigenvalue weighted by Gasteiger charge is 2.39. The van der Waals surface area contributed by atoms with Crippen molar-refractivity contribution >= 4 is 11.0 Å². The van der Waals surface area contributed by atoms with Crippen LogP contribution in [0.5, 0.6) is 11.6 Å². The lowest BCUT2D eigenvalue weighted by Crippen LogP contribution is -2.16. The van der Waals surface area contributed by atoms with Crippen molar-refractivity contribution in [2.75, 3.05) is 7.11 Å². The Bertz CT molecular complexity index is 731. The zero-order valence-corrected chi connectivity index (χ0v) is 14.5. The maximum atomic E-state index is 14.5. The molecule has 1 aromatic carbocycles. The van der Waals surface area contributed by atoms with Crippen LogP contribution < -0.4 is 4.74 Å². The molecule has 1 heterocycles. The molecule has 2 N–H and O–H groups in total. The van der Waals surface area contributed by atoms with E-state index in [4.69, 9.17) is 9.84 Å². The minimum atomic E-state index is -3.12. The number of fused-ring (bicyclic) bond motifs is 1. The van der Waals surface area contributed by atoms with Gasteiger partial charge in [0.25, 0.3) is 0 Å². The third-order valence-electron chi connectivity index (χ3n) is 5.05. The summed E-state index contributed by atoms with van der Waals surface area (Å²) in [4.78, 5) is 8.01. The normalized spacial score (nSPS) is 15.8. The van der Waals surface area contributed by atoms with Crippen LogP contribution in [0.4, 0.5) is 8.78 Å². The van der Waals surface area contributed by atoms with E-state index in [1.807, 2.05) is 0 Å². The first-order valence-corrected chi connectivity index (χ1v) is 8.95. The van der Waals surface area contributed by atoms with E-state index in [2.05, 4.69) is 9.97 Å². The first-order chi connectivity index (χ1) is 12.0. The van der Waals surface area contributed by atoms with Gasteiger partial charge >= 0.3 is 11.8 Å². The maximum absolute atomic E-state index is 14.5. The Morgan fingerprint density at radius 1 is 1.16 bits per heavy atom. The van der Waals surface area contributed by atoms with Gasteiger partial charge in [0.2, 0.25) is 5.69 Å². The summed E-state index contributed by atoms with van der Waals surface area (Å²) in [6.07, 6.45) is 7.06. The molecule has 4 nitrogen and oxygen atoms in total. The molecule has 2 aromatic rings. The predicted molar refractivity (Wildman–Crippen MR) is 93.5 cm³/mol. The Balaban J connectivity index is 1.68. The molecule has 0 unspecified atom stereocenters. The molecule has 136 valence electrons. The van der Waals surface area contributed by atoms with Crippen LogP contribution >= 0.6 is 0 Å². The summed E-state index contributed by atoms with van der Waals surface area (Å²) in [7, 11) is 1.52. The van der Waals surface area contributed by atoms with Gasteiger partial charge in [0, 0.05) is 12.5 Å². The van der Waals surface area contributed by atoms with Gasteiger partial charge in [0.05, 0.1) is 12.6 Å². The van der Waals surface area contributed by atoms with Gasteiger partial charge in [-0.1, -0.05) is 38.5 Å². The summed E-state index contributed by atoms with van der Waals surface area (Å²) in [5, 5.41) is 7.86. The predicted octanol–water partition coefficient (Wildman–Crippen LogP) is 4.92. The average Bonchev–Trinajstić information content (AvgIpc) is 3.11. The molecule has 1 aliphatic rings. The number of halogens is 2. The van der Waals surface area contributed by atoms with E-state index in [1.54, 1.807) is 18.2 Å². The summed E-state index contributed by atoms with van der Waals surface area (Å²) >= 11 is 0. The van der Waals surface area contributed by atoms with E-state index in [1.165, 1.54) is 32.8 Å². The molecule has 0 spiro atoms. The fraction of sp³-hybridized carbons (Fsp3) is 0.579. The highest BCUT2D eigenvalue weighted by molar-refractivity contribution is 5.76. The van der Waals surface area contributed by atoms with Gasteiger partial charge in [0.1, 0.15) is 11.3 Å². The largest absolute Gasteiger partial charge is 0.577 e. The van der Waals surface area contributed by atoms with Crippen molar-refractivity contribution in [2.24, 2.45) is 5.92 Å². The van der Waals surface area contributed by atoms with Gasteiger partial charge in [0.15, 0.2) is 0 Å². The maximum Gasteiger partial charge on any atom is 0.386 e. The lowest BCUT2D eigenvalue weighted by atomic mass is 9.98. The molecular weight excluding hydrogens is 326 g/mol. The highest BCUT2D eigenvalue weighted by atomic mass is 19.3. The minimum absolute atomic E-state index is 0.276. The van der Waals surface area contributed by atoms with Gasteiger partial charge in [-0.15, -0.1) is 0 Å². The number of rotatable bonds is 7. The Kier molecular flexibility index (Phi) is 5.35. The van der Waals surface area contributed by atoms with Crippen molar-refractivity contribution in [1.29, 1.82) is 0 Å². The van der Waals surface area contributed by atoms with Crippen molar-refractivity contribution in [3.05, 3.63) is 23.9 Å². The average molecular weight is 351 g/mol. The Hall–Kier alpha value is -1.98. The molecule has 0 bridgehead atoms. The Morgan fingerprint density at radius 2 is 1.92 bits per heavy atom. The number of aromatic nitrogens is 2. The smallest absolute Gasteiger partial charge is 0.386 e. The number of unbranched alkanes of at least 4 members (excludes halogenated alkanes) is 1. The molecule has 0 amide bonds. The number of alkyl halides is 2. The zero-order chi connectivity index (χ0) is 17.9. The molecule has 0 radical (unpaired) electrons. The standard InChI is InChI=1S/C19H24F2N2O2/c1-25-14-9-10-15-16(12-14)23-18(24)17(22-15)19(20,21)11-5-4-8-13-6-2-3-7-13/h9-10,12-13H,2-8,11H2,1H3,(H,23,24)/p+1. The van der Waals surface area contributed by atoms with Crippen LogP contribution in [-0.2, 0) is 5.92 Å². The molecule has 1 fully saturated rings. The van der Waals surface area contributed by atoms with E-state index in [0.29, 0.717) is 23.2 Å². The number of methoxy groups -OCH3 is 1. The topological polar surface area (TPSA) is 57.9 Å². The fourth-order valence-corrected chi connectivity index (χ4v) is 3.61. The van der Waals surface area contributed by atoms with Gasteiger partial charge in [-0.2, -0.15) is 13.8 Å². The molecule has 6 heteroatoms. The number of benzene rings is 1. The second kappa shape index (κ2) is 7.50. The van der Waals surface area contributed by atoms with E-state index in [0.717, 1.165) is 18.8 Å². The fourth-order valence-electron chi connectivity index (χ4n) is 3.61. The first-order valence-electron chi connectivity index (χ1n) is 8.95. The second-order valence-corrected chi connectivity index (χ2v) is 6.88. The lowest BCUT2D eigenvalue weighted by Gasteiger charge is -2.16. The van der Waals surface area contributed by atoms with Crippen LogP contribution in [-0.4, -0.2) is 22.2 Å². The monoisotopic (exact) mass is 351 g/mol. The van der Waals surface area contributed by atoms with E-state index in [-0.39, 0.29) is 6.42 Å². The van der Waals surface area contributed by atoms with Crippen LogP contribution in [0.25, 0.3) is 11.0 Å². The van der Waals surface area contributed by atoms with Crippen LogP contribution in [0.1, 0.15) is 57.1 Å². The zero-order valence-electron chi connectivity index (χ0n) is 14.5. The van der Waals surface area contributed by atoms with Gasteiger partial charge in [-0.25, -0.2) is 4.98 Å². The van der Waals surface area contributed by atoms with E-state index >= 15 is 0 Å². The summed E-state index contributed by atoms with van der Waals surface area (Å²) in [6, 6.07) is 4.86. The summed E-state index contributed by atoms with van der Waals surface area (Å²) in [6.45, 7) is 0. The summed E-state index contributed by atoms with van der Waals surface area (Å²) < 4.78 is 34.2. The first kappa shape index (κ1) is 17.8. The van der Waals surface area contributed by atoms with Crippen molar-refractivity contribution in [1.82, 2.24) is 9.97 Å². The third-order valence-corrected chi connectivity index (χ3v) is 5.05. The number of hydrogen-bond acceptors (Lipinski definition) is 3. The van der Waals surface area contributed by atoms with Crippen LogP contribution in [0.15, 0.2) is 18.2 Å². The summed E-state index contributed by atoms with van der Waals surface area (Å²) in [5.41, 5.74) is 0.230. The van der Waals surface area contributed by atoms with Gasteiger partial charge in [-0.3, -0.25) is 0 Å². The number of hydrogen-bond donors (Lipinski definition) is 0. The molecule has 0 aliphatic heterocycles.